The van der Waals surface area contributed by atoms with Crippen LogP contribution in [0.4, 0.5) is 9.18 Å². The summed E-state index contributed by atoms with van der Waals surface area (Å²) in [4.78, 5) is 25.8. The minimum absolute atomic E-state index is 0.0142. The van der Waals surface area contributed by atoms with Crippen molar-refractivity contribution < 1.29 is 23.5 Å². The van der Waals surface area contributed by atoms with Crippen molar-refractivity contribution in [2.24, 2.45) is 0 Å². The van der Waals surface area contributed by atoms with Crippen LogP contribution in [0.25, 0.3) is 0 Å². The van der Waals surface area contributed by atoms with Crippen molar-refractivity contribution in [1.82, 2.24) is 4.90 Å². The smallest absolute Gasteiger partial charge is 0.410 e. The van der Waals surface area contributed by atoms with Crippen molar-refractivity contribution in [3.05, 3.63) is 34.6 Å². The minimum atomic E-state index is -0.752. The van der Waals surface area contributed by atoms with E-state index in [9.17, 15) is 14.0 Å². The third-order valence-electron chi connectivity index (χ3n) is 4.55. The lowest BCUT2D eigenvalue weighted by Crippen LogP contribution is -2.47. The predicted octanol–water partition coefficient (Wildman–Crippen LogP) is 4.16. The molecule has 1 aliphatic rings. The topological polar surface area (TPSA) is 79.6 Å². The van der Waals surface area contributed by atoms with Crippen LogP contribution in [0.5, 0.6) is 0 Å². The van der Waals surface area contributed by atoms with Crippen molar-refractivity contribution in [3.63, 3.8) is 0 Å². The molecular formula is C19H22ClFN2O4. The number of nitriles is 1. The van der Waals surface area contributed by atoms with E-state index in [-0.39, 0.29) is 11.4 Å². The van der Waals surface area contributed by atoms with E-state index in [1.807, 2.05) is 0 Å². The number of benzene rings is 1. The number of piperidine rings is 1. The molecule has 1 amide bonds. The van der Waals surface area contributed by atoms with Crippen molar-refractivity contribution >= 4 is 23.7 Å². The Balaban J connectivity index is 2.23. The van der Waals surface area contributed by atoms with Gasteiger partial charge in [0.15, 0.2) is 0 Å². The number of halogens is 2. The zero-order valence-corrected chi connectivity index (χ0v) is 16.3. The molecule has 0 bridgehead atoms. The molecule has 1 fully saturated rings. The molecule has 1 saturated heterocycles. The van der Waals surface area contributed by atoms with E-state index in [0.29, 0.717) is 31.5 Å². The van der Waals surface area contributed by atoms with Crippen LogP contribution in [0, 0.1) is 17.3 Å². The molecule has 0 N–H and O–H groups in total. The van der Waals surface area contributed by atoms with E-state index >= 15 is 0 Å². The highest BCUT2D eigenvalue weighted by Gasteiger charge is 2.41. The highest BCUT2D eigenvalue weighted by atomic mass is 35.5. The van der Waals surface area contributed by atoms with E-state index in [1.165, 1.54) is 18.4 Å². The van der Waals surface area contributed by atoms with Gasteiger partial charge < -0.3 is 14.4 Å². The SMILES string of the molecule is CC(C)(C)OC(=O)N1CCC(CC(=O)OC#N)(c2ccc(Cl)c(F)c2)CC1. The monoisotopic (exact) mass is 396 g/mol. The Hall–Kier alpha value is -2.33. The number of nitrogens with zero attached hydrogens (tertiary/aromatic N) is 2. The summed E-state index contributed by atoms with van der Waals surface area (Å²) in [5.74, 6) is -1.28. The van der Waals surface area contributed by atoms with Crippen LogP contribution in [0.1, 0.15) is 45.6 Å². The van der Waals surface area contributed by atoms with Gasteiger partial charge in [-0.3, -0.25) is 4.79 Å². The molecule has 0 aliphatic carbocycles. The van der Waals surface area contributed by atoms with Gasteiger partial charge in [-0.2, -0.15) is 0 Å². The van der Waals surface area contributed by atoms with Gasteiger partial charge in [0.05, 0.1) is 11.4 Å². The maximum atomic E-state index is 14.0. The van der Waals surface area contributed by atoms with Crippen LogP contribution in [0.3, 0.4) is 0 Å². The van der Waals surface area contributed by atoms with Gasteiger partial charge in [-0.05, 0) is 51.3 Å². The first-order valence-electron chi connectivity index (χ1n) is 8.58. The molecule has 8 heteroatoms. The van der Waals surface area contributed by atoms with Crippen LogP contribution in [-0.4, -0.2) is 35.7 Å². The van der Waals surface area contributed by atoms with E-state index in [2.05, 4.69) is 4.74 Å². The van der Waals surface area contributed by atoms with Gasteiger partial charge >= 0.3 is 12.1 Å². The minimum Gasteiger partial charge on any atom is -0.444 e. The number of amides is 1. The quantitative estimate of drug-likeness (QED) is 0.566. The van der Waals surface area contributed by atoms with Crippen LogP contribution in [0.2, 0.25) is 5.02 Å². The average Bonchev–Trinajstić information content (AvgIpc) is 2.56. The lowest BCUT2D eigenvalue weighted by Gasteiger charge is -2.41. The number of likely N-dealkylation sites (tertiary alicyclic amines) is 1. The summed E-state index contributed by atoms with van der Waals surface area (Å²) in [5, 5.41) is 8.57. The lowest BCUT2D eigenvalue weighted by atomic mass is 9.70. The molecule has 6 nitrogen and oxygen atoms in total. The Labute approximate surface area is 162 Å². The normalized spacial score (nSPS) is 16.4. The van der Waals surface area contributed by atoms with Gasteiger partial charge in [0.25, 0.3) is 6.26 Å². The second-order valence-electron chi connectivity index (χ2n) is 7.62. The molecule has 0 unspecified atom stereocenters. The molecule has 146 valence electrons. The Bertz CT molecular complexity index is 762. The average molecular weight is 397 g/mol. The molecule has 27 heavy (non-hydrogen) atoms. The van der Waals surface area contributed by atoms with Crippen molar-refractivity contribution in [2.45, 2.75) is 51.0 Å². The van der Waals surface area contributed by atoms with Gasteiger partial charge in [-0.25, -0.2) is 9.18 Å². The molecule has 1 aromatic rings. The second kappa shape index (κ2) is 8.13. The van der Waals surface area contributed by atoms with Gasteiger partial charge in [-0.1, -0.05) is 17.7 Å². The highest BCUT2D eigenvalue weighted by Crippen LogP contribution is 2.40. The summed E-state index contributed by atoms with van der Waals surface area (Å²) < 4.78 is 23.8. The summed E-state index contributed by atoms with van der Waals surface area (Å²) in [7, 11) is 0. The van der Waals surface area contributed by atoms with Crippen LogP contribution in [0.15, 0.2) is 18.2 Å². The van der Waals surface area contributed by atoms with Crippen LogP contribution >= 0.6 is 11.6 Å². The Morgan fingerprint density at radius 1 is 1.33 bits per heavy atom. The summed E-state index contributed by atoms with van der Waals surface area (Å²) in [5.41, 5.74) is -0.775. The fraction of sp³-hybridized carbons (Fsp3) is 0.526. The Morgan fingerprint density at radius 2 is 1.96 bits per heavy atom. The molecular weight excluding hydrogens is 375 g/mol. The van der Waals surface area contributed by atoms with Gasteiger partial charge in [0, 0.05) is 18.5 Å². The van der Waals surface area contributed by atoms with Crippen LogP contribution < -0.4 is 0 Å². The summed E-state index contributed by atoms with van der Waals surface area (Å²) in [6, 6.07) is 4.39. The van der Waals surface area contributed by atoms with E-state index in [0.717, 1.165) is 0 Å². The lowest BCUT2D eigenvalue weighted by molar-refractivity contribution is -0.139. The highest BCUT2D eigenvalue weighted by molar-refractivity contribution is 6.30. The summed E-state index contributed by atoms with van der Waals surface area (Å²) in [6.45, 7) is 6.02. The molecule has 0 aromatic heterocycles. The van der Waals surface area contributed by atoms with Gasteiger partial charge in [0.2, 0.25) is 0 Å². The maximum absolute atomic E-state index is 14.0. The third-order valence-corrected chi connectivity index (χ3v) is 4.85. The number of ether oxygens (including phenoxy) is 2. The largest absolute Gasteiger partial charge is 0.444 e. The first-order valence-corrected chi connectivity index (χ1v) is 8.96. The number of esters is 1. The first kappa shape index (κ1) is 21.0. The second-order valence-corrected chi connectivity index (χ2v) is 8.03. The molecule has 1 aliphatic heterocycles. The molecule has 0 radical (unpaired) electrons. The number of hydrogen-bond acceptors (Lipinski definition) is 5. The zero-order valence-electron chi connectivity index (χ0n) is 15.6. The fourth-order valence-corrected chi connectivity index (χ4v) is 3.32. The summed E-state index contributed by atoms with van der Waals surface area (Å²) >= 11 is 5.77. The molecule has 1 heterocycles. The van der Waals surface area contributed by atoms with E-state index in [4.69, 9.17) is 21.6 Å². The standard InChI is InChI=1S/C19H22ClFN2O4/c1-18(2,3)27-17(25)23-8-6-19(7-9-23,11-16(24)26-12-22)13-4-5-14(20)15(21)10-13/h4-5,10H,6-9,11H2,1-3H3. The molecule has 0 atom stereocenters. The van der Waals surface area contributed by atoms with Crippen molar-refractivity contribution in [3.8, 4) is 6.26 Å². The van der Waals surface area contributed by atoms with E-state index in [1.54, 1.807) is 31.7 Å². The van der Waals surface area contributed by atoms with Crippen molar-refractivity contribution in [1.29, 1.82) is 5.26 Å². The van der Waals surface area contributed by atoms with Gasteiger partial charge in [0.1, 0.15) is 11.4 Å². The molecule has 2 rings (SSSR count). The van der Waals surface area contributed by atoms with Gasteiger partial charge in [-0.15, -0.1) is 5.26 Å². The molecule has 0 saturated carbocycles. The number of rotatable bonds is 3. The fourth-order valence-electron chi connectivity index (χ4n) is 3.20. The maximum Gasteiger partial charge on any atom is 0.410 e. The summed E-state index contributed by atoms with van der Waals surface area (Å²) in [6.07, 6.45) is 1.64. The molecule has 0 spiro atoms. The first-order chi connectivity index (χ1) is 12.6. The number of carbonyl (C=O) groups is 2. The number of carbonyl (C=O) groups excluding carboxylic acids is 2. The molecule has 1 aromatic carbocycles. The zero-order chi connectivity index (χ0) is 20.2. The van der Waals surface area contributed by atoms with Crippen LogP contribution in [-0.2, 0) is 19.7 Å². The van der Waals surface area contributed by atoms with E-state index < -0.39 is 28.9 Å². The third kappa shape index (κ3) is 5.33. The Kier molecular flexibility index (Phi) is 6.32. The predicted molar refractivity (Wildman–Crippen MR) is 96.5 cm³/mol. The Morgan fingerprint density at radius 3 is 2.48 bits per heavy atom. The van der Waals surface area contributed by atoms with Crippen molar-refractivity contribution in [2.75, 3.05) is 13.1 Å². The number of hydrogen-bond donors (Lipinski definition) is 0.